The predicted octanol–water partition coefficient (Wildman–Crippen LogP) is 0.575. The number of hydrogen-bond donors (Lipinski definition) is 1. The molecule has 4 nitrogen and oxygen atoms in total. The van der Waals surface area contributed by atoms with Crippen LogP contribution in [-0.2, 0) is 9.53 Å². The first-order chi connectivity index (χ1) is 7.22. The number of carboxylic acids is 1. The molecule has 0 amide bonds. The minimum atomic E-state index is -0.796. The SMILES string of the molecule is CC#CCCN1CCOC(CC(=O)O)C1. The van der Waals surface area contributed by atoms with E-state index in [-0.39, 0.29) is 12.5 Å². The van der Waals surface area contributed by atoms with E-state index < -0.39 is 5.97 Å². The van der Waals surface area contributed by atoms with Crippen molar-refractivity contribution >= 4 is 5.97 Å². The van der Waals surface area contributed by atoms with E-state index in [2.05, 4.69) is 16.7 Å². The molecule has 1 atom stereocenters. The lowest BCUT2D eigenvalue weighted by molar-refractivity contribution is -0.142. The normalized spacial score (nSPS) is 21.8. The van der Waals surface area contributed by atoms with Gasteiger partial charge in [0, 0.05) is 26.1 Å². The van der Waals surface area contributed by atoms with Crippen molar-refractivity contribution in [3.8, 4) is 11.8 Å². The Kier molecular flexibility index (Phi) is 5.16. The van der Waals surface area contributed by atoms with Crippen LogP contribution in [0.25, 0.3) is 0 Å². The molecular weight excluding hydrogens is 194 g/mol. The van der Waals surface area contributed by atoms with E-state index in [1.54, 1.807) is 0 Å². The highest BCUT2D eigenvalue weighted by Gasteiger charge is 2.21. The number of rotatable bonds is 4. The fourth-order valence-electron chi connectivity index (χ4n) is 1.64. The van der Waals surface area contributed by atoms with Crippen LogP contribution in [0.2, 0.25) is 0 Å². The number of ether oxygens (including phenoxy) is 1. The second kappa shape index (κ2) is 6.44. The molecule has 1 unspecified atom stereocenters. The van der Waals surface area contributed by atoms with Crippen molar-refractivity contribution in [3.63, 3.8) is 0 Å². The van der Waals surface area contributed by atoms with E-state index in [1.807, 2.05) is 6.92 Å². The van der Waals surface area contributed by atoms with Gasteiger partial charge in [0.1, 0.15) is 0 Å². The lowest BCUT2D eigenvalue weighted by Gasteiger charge is -2.31. The molecule has 1 aliphatic rings. The summed E-state index contributed by atoms with van der Waals surface area (Å²) in [6.07, 6.45) is 0.775. The molecule has 1 rings (SSSR count). The molecule has 1 N–H and O–H groups in total. The topological polar surface area (TPSA) is 49.8 Å². The van der Waals surface area contributed by atoms with Gasteiger partial charge in [-0.25, -0.2) is 0 Å². The van der Waals surface area contributed by atoms with Gasteiger partial charge < -0.3 is 9.84 Å². The molecule has 1 aliphatic heterocycles. The van der Waals surface area contributed by atoms with Crippen LogP contribution in [0, 0.1) is 11.8 Å². The highest BCUT2D eigenvalue weighted by Crippen LogP contribution is 2.08. The third-order valence-corrected chi connectivity index (χ3v) is 2.36. The van der Waals surface area contributed by atoms with Gasteiger partial charge in [-0.15, -0.1) is 11.8 Å². The largest absolute Gasteiger partial charge is 0.481 e. The van der Waals surface area contributed by atoms with Crippen LogP contribution in [0.4, 0.5) is 0 Å². The van der Waals surface area contributed by atoms with Gasteiger partial charge in [0.25, 0.3) is 0 Å². The zero-order valence-corrected chi connectivity index (χ0v) is 9.03. The Balaban J connectivity index is 2.27. The van der Waals surface area contributed by atoms with Crippen molar-refractivity contribution in [2.24, 2.45) is 0 Å². The molecule has 1 saturated heterocycles. The molecular formula is C11H17NO3. The quantitative estimate of drug-likeness (QED) is 0.691. The van der Waals surface area contributed by atoms with Gasteiger partial charge in [0.05, 0.1) is 19.1 Å². The van der Waals surface area contributed by atoms with Crippen molar-refractivity contribution < 1.29 is 14.6 Å². The summed E-state index contributed by atoms with van der Waals surface area (Å²) in [5.74, 6) is 5.05. The van der Waals surface area contributed by atoms with Crippen LogP contribution in [0.15, 0.2) is 0 Å². The Morgan fingerprint density at radius 3 is 3.13 bits per heavy atom. The summed E-state index contributed by atoms with van der Waals surface area (Å²) in [5.41, 5.74) is 0. The van der Waals surface area contributed by atoms with E-state index in [0.29, 0.717) is 13.2 Å². The summed E-state index contributed by atoms with van der Waals surface area (Å²) in [6.45, 7) is 4.93. The van der Waals surface area contributed by atoms with Crippen molar-refractivity contribution in [2.45, 2.75) is 25.9 Å². The van der Waals surface area contributed by atoms with Gasteiger partial charge in [-0.05, 0) is 6.92 Å². The van der Waals surface area contributed by atoms with E-state index in [4.69, 9.17) is 9.84 Å². The summed E-state index contributed by atoms with van der Waals surface area (Å²) in [4.78, 5) is 12.7. The predicted molar refractivity (Wildman–Crippen MR) is 56.5 cm³/mol. The van der Waals surface area contributed by atoms with E-state index in [0.717, 1.165) is 19.5 Å². The lowest BCUT2D eigenvalue weighted by Crippen LogP contribution is -2.43. The first-order valence-corrected chi connectivity index (χ1v) is 5.17. The molecule has 0 radical (unpaired) electrons. The van der Waals surface area contributed by atoms with E-state index in [1.165, 1.54) is 0 Å². The zero-order valence-electron chi connectivity index (χ0n) is 9.03. The molecule has 0 saturated carbocycles. The van der Waals surface area contributed by atoms with Crippen molar-refractivity contribution in [2.75, 3.05) is 26.2 Å². The highest BCUT2D eigenvalue weighted by atomic mass is 16.5. The van der Waals surface area contributed by atoms with Crippen LogP contribution in [-0.4, -0.2) is 48.3 Å². The lowest BCUT2D eigenvalue weighted by atomic mass is 10.2. The van der Waals surface area contributed by atoms with Crippen LogP contribution in [0.3, 0.4) is 0 Å². The number of hydrogen-bond acceptors (Lipinski definition) is 3. The van der Waals surface area contributed by atoms with Crippen LogP contribution in [0.5, 0.6) is 0 Å². The maximum Gasteiger partial charge on any atom is 0.306 e. The average Bonchev–Trinajstić information content (AvgIpc) is 2.18. The van der Waals surface area contributed by atoms with Gasteiger partial charge in [-0.2, -0.15) is 0 Å². The number of nitrogens with zero attached hydrogens (tertiary/aromatic N) is 1. The third kappa shape index (κ3) is 4.82. The molecule has 0 spiro atoms. The zero-order chi connectivity index (χ0) is 11.1. The first-order valence-electron chi connectivity index (χ1n) is 5.17. The Morgan fingerprint density at radius 2 is 2.47 bits per heavy atom. The van der Waals surface area contributed by atoms with Gasteiger partial charge in [0.15, 0.2) is 0 Å². The summed E-state index contributed by atoms with van der Waals surface area (Å²) < 4.78 is 5.37. The minimum absolute atomic E-state index is 0.0932. The fraction of sp³-hybridized carbons (Fsp3) is 0.727. The summed E-state index contributed by atoms with van der Waals surface area (Å²) in [7, 11) is 0. The smallest absolute Gasteiger partial charge is 0.306 e. The third-order valence-electron chi connectivity index (χ3n) is 2.36. The Bertz CT molecular complexity index is 267. The average molecular weight is 211 g/mol. The monoisotopic (exact) mass is 211 g/mol. The van der Waals surface area contributed by atoms with Gasteiger partial charge in [-0.3, -0.25) is 9.69 Å². The van der Waals surface area contributed by atoms with Gasteiger partial charge in [0.2, 0.25) is 0 Å². The van der Waals surface area contributed by atoms with Crippen LogP contribution < -0.4 is 0 Å². The van der Waals surface area contributed by atoms with Crippen molar-refractivity contribution in [1.29, 1.82) is 0 Å². The number of carbonyl (C=O) groups is 1. The van der Waals surface area contributed by atoms with Crippen LogP contribution in [0.1, 0.15) is 19.8 Å². The van der Waals surface area contributed by atoms with Gasteiger partial charge in [-0.1, -0.05) is 0 Å². The number of morpholine rings is 1. The van der Waals surface area contributed by atoms with Crippen molar-refractivity contribution in [1.82, 2.24) is 4.90 Å². The molecule has 0 aromatic heterocycles. The second-order valence-corrected chi connectivity index (χ2v) is 3.57. The molecule has 0 bridgehead atoms. The Labute approximate surface area is 90.2 Å². The minimum Gasteiger partial charge on any atom is -0.481 e. The highest BCUT2D eigenvalue weighted by molar-refractivity contribution is 5.67. The maximum absolute atomic E-state index is 10.5. The number of aliphatic carboxylic acids is 1. The van der Waals surface area contributed by atoms with Gasteiger partial charge >= 0.3 is 5.97 Å². The molecule has 0 aromatic rings. The summed E-state index contributed by atoms with van der Waals surface area (Å²) >= 11 is 0. The fourth-order valence-corrected chi connectivity index (χ4v) is 1.64. The molecule has 4 heteroatoms. The number of carboxylic acid groups (broad SMARTS) is 1. The maximum atomic E-state index is 10.5. The molecule has 1 heterocycles. The van der Waals surface area contributed by atoms with E-state index in [9.17, 15) is 4.79 Å². The molecule has 1 fully saturated rings. The van der Waals surface area contributed by atoms with Crippen LogP contribution >= 0.6 is 0 Å². The Morgan fingerprint density at radius 1 is 1.67 bits per heavy atom. The van der Waals surface area contributed by atoms with E-state index >= 15 is 0 Å². The molecule has 0 aromatic carbocycles. The summed E-state index contributed by atoms with van der Waals surface area (Å²) in [6, 6.07) is 0. The Hall–Kier alpha value is -1.05. The van der Waals surface area contributed by atoms with Crippen molar-refractivity contribution in [3.05, 3.63) is 0 Å². The second-order valence-electron chi connectivity index (χ2n) is 3.57. The molecule has 15 heavy (non-hydrogen) atoms. The first kappa shape index (κ1) is 12.0. The summed E-state index contributed by atoms with van der Waals surface area (Å²) in [5, 5.41) is 8.65. The standard InChI is InChI=1S/C11H17NO3/c1-2-3-4-5-12-6-7-15-10(9-12)8-11(13)14/h10H,4-9H2,1H3,(H,13,14). The molecule has 0 aliphatic carbocycles. The molecule has 84 valence electrons.